The van der Waals surface area contributed by atoms with Gasteiger partial charge in [0, 0.05) is 17.1 Å². The quantitative estimate of drug-likeness (QED) is 0.843. The van der Waals surface area contributed by atoms with Gasteiger partial charge < -0.3 is 10.1 Å². The van der Waals surface area contributed by atoms with Crippen LogP contribution in [0, 0.1) is 0 Å². The Balaban J connectivity index is 2.03. The molecule has 2 rings (SSSR count). The number of methoxy groups -OCH3 is 1. The third kappa shape index (κ3) is 3.07. The third-order valence-corrected chi connectivity index (χ3v) is 3.21. The molecule has 0 atom stereocenters. The average molecular weight is 247 g/mol. The Morgan fingerprint density at radius 1 is 1.35 bits per heavy atom. The first-order valence-electron chi connectivity index (χ1n) is 5.24. The molecule has 1 N–H and O–H groups in total. The number of carbonyl (C=O) groups is 1. The number of ether oxygens (including phenoxy) is 1. The Morgan fingerprint density at radius 3 is 2.94 bits per heavy atom. The third-order valence-electron chi connectivity index (χ3n) is 2.33. The van der Waals surface area contributed by atoms with Gasteiger partial charge in [0.25, 0.3) is 0 Å². The summed E-state index contributed by atoms with van der Waals surface area (Å²) in [6, 6.07) is 11.4. The number of hydrogen-bond acceptors (Lipinski definition) is 4. The predicted octanol–water partition coefficient (Wildman–Crippen LogP) is 3.15. The van der Waals surface area contributed by atoms with E-state index in [0.717, 1.165) is 12.2 Å². The van der Waals surface area contributed by atoms with Gasteiger partial charge in [-0.3, -0.25) is 0 Å². The lowest BCUT2D eigenvalue weighted by Crippen LogP contribution is -2.03. The van der Waals surface area contributed by atoms with E-state index in [1.54, 1.807) is 23.5 Å². The molecule has 0 spiro atoms. The van der Waals surface area contributed by atoms with Crippen molar-refractivity contribution in [2.75, 3.05) is 12.4 Å². The van der Waals surface area contributed by atoms with E-state index in [4.69, 9.17) is 0 Å². The van der Waals surface area contributed by atoms with E-state index >= 15 is 0 Å². The van der Waals surface area contributed by atoms with Gasteiger partial charge in [-0.15, -0.1) is 11.3 Å². The van der Waals surface area contributed by atoms with Crippen LogP contribution in [0.2, 0.25) is 0 Å². The van der Waals surface area contributed by atoms with Crippen LogP contribution >= 0.6 is 11.3 Å². The Kier molecular flexibility index (Phi) is 3.77. The molecule has 17 heavy (non-hydrogen) atoms. The number of esters is 1. The highest BCUT2D eigenvalue weighted by molar-refractivity contribution is 7.09. The summed E-state index contributed by atoms with van der Waals surface area (Å²) >= 11 is 1.70. The molecule has 1 aromatic carbocycles. The van der Waals surface area contributed by atoms with Gasteiger partial charge in [-0.1, -0.05) is 12.1 Å². The summed E-state index contributed by atoms with van der Waals surface area (Å²) in [5.41, 5.74) is 1.48. The molecular weight excluding hydrogens is 234 g/mol. The summed E-state index contributed by atoms with van der Waals surface area (Å²) < 4.78 is 4.68. The second kappa shape index (κ2) is 5.50. The number of anilines is 1. The van der Waals surface area contributed by atoms with Crippen LogP contribution in [0.1, 0.15) is 15.2 Å². The van der Waals surface area contributed by atoms with Gasteiger partial charge in [0.2, 0.25) is 0 Å². The number of nitrogens with one attached hydrogen (secondary N) is 1. The van der Waals surface area contributed by atoms with E-state index in [2.05, 4.69) is 16.1 Å². The highest BCUT2D eigenvalue weighted by atomic mass is 32.1. The minimum atomic E-state index is -0.315. The highest BCUT2D eigenvalue weighted by Crippen LogP contribution is 2.15. The van der Waals surface area contributed by atoms with Crippen molar-refractivity contribution in [1.82, 2.24) is 0 Å². The summed E-state index contributed by atoms with van der Waals surface area (Å²) in [5.74, 6) is -0.315. The smallest absolute Gasteiger partial charge is 0.337 e. The Labute approximate surface area is 104 Å². The van der Waals surface area contributed by atoms with Crippen LogP contribution in [-0.2, 0) is 11.3 Å². The Hall–Kier alpha value is -1.81. The van der Waals surface area contributed by atoms with Gasteiger partial charge in [0.05, 0.1) is 12.7 Å². The molecule has 1 aromatic heterocycles. The van der Waals surface area contributed by atoms with Crippen LogP contribution in [0.3, 0.4) is 0 Å². The summed E-state index contributed by atoms with van der Waals surface area (Å²) in [5, 5.41) is 5.31. The molecule has 4 heteroatoms. The highest BCUT2D eigenvalue weighted by Gasteiger charge is 2.05. The number of thiophene rings is 1. The van der Waals surface area contributed by atoms with E-state index in [-0.39, 0.29) is 5.97 Å². The zero-order valence-electron chi connectivity index (χ0n) is 9.47. The van der Waals surface area contributed by atoms with Crippen molar-refractivity contribution >= 4 is 23.0 Å². The van der Waals surface area contributed by atoms with E-state index in [1.807, 2.05) is 23.6 Å². The molecule has 1 heterocycles. The zero-order valence-corrected chi connectivity index (χ0v) is 10.3. The van der Waals surface area contributed by atoms with Crippen molar-refractivity contribution in [3.05, 3.63) is 52.2 Å². The Morgan fingerprint density at radius 2 is 2.24 bits per heavy atom. The second-order valence-electron chi connectivity index (χ2n) is 3.51. The van der Waals surface area contributed by atoms with Crippen molar-refractivity contribution in [3.63, 3.8) is 0 Å². The number of benzene rings is 1. The molecule has 0 saturated carbocycles. The number of carbonyl (C=O) groups excluding carboxylic acids is 1. The molecule has 0 radical (unpaired) electrons. The van der Waals surface area contributed by atoms with Crippen LogP contribution in [-0.4, -0.2) is 13.1 Å². The SMILES string of the molecule is COC(=O)c1cccc(NCc2cccs2)c1. The first kappa shape index (κ1) is 11.7. The van der Waals surface area contributed by atoms with E-state index < -0.39 is 0 Å². The monoisotopic (exact) mass is 247 g/mol. The van der Waals surface area contributed by atoms with E-state index in [1.165, 1.54) is 12.0 Å². The van der Waals surface area contributed by atoms with Crippen molar-refractivity contribution in [2.24, 2.45) is 0 Å². The molecule has 0 aliphatic heterocycles. The second-order valence-corrected chi connectivity index (χ2v) is 4.54. The van der Waals surface area contributed by atoms with Crippen molar-refractivity contribution in [3.8, 4) is 0 Å². The van der Waals surface area contributed by atoms with Crippen molar-refractivity contribution in [2.45, 2.75) is 6.54 Å². The lowest BCUT2D eigenvalue weighted by Gasteiger charge is -2.06. The molecule has 0 fully saturated rings. The molecule has 0 aliphatic carbocycles. The maximum Gasteiger partial charge on any atom is 0.337 e. The lowest BCUT2D eigenvalue weighted by atomic mass is 10.2. The van der Waals surface area contributed by atoms with Crippen molar-refractivity contribution < 1.29 is 9.53 Å². The number of hydrogen-bond donors (Lipinski definition) is 1. The minimum Gasteiger partial charge on any atom is -0.465 e. The fraction of sp³-hybridized carbons (Fsp3) is 0.154. The lowest BCUT2D eigenvalue weighted by molar-refractivity contribution is 0.0601. The normalized spacial score (nSPS) is 9.94. The minimum absolute atomic E-state index is 0.315. The van der Waals surface area contributed by atoms with Crippen LogP contribution in [0.25, 0.3) is 0 Å². The first-order chi connectivity index (χ1) is 8.29. The molecule has 88 valence electrons. The largest absolute Gasteiger partial charge is 0.465 e. The fourth-order valence-corrected chi connectivity index (χ4v) is 2.12. The standard InChI is InChI=1S/C13H13NO2S/c1-16-13(15)10-4-2-5-11(8-10)14-9-12-6-3-7-17-12/h2-8,14H,9H2,1H3. The van der Waals surface area contributed by atoms with E-state index in [9.17, 15) is 4.79 Å². The average Bonchev–Trinajstić information content (AvgIpc) is 2.89. The van der Waals surface area contributed by atoms with Gasteiger partial charge in [-0.25, -0.2) is 4.79 Å². The van der Waals surface area contributed by atoms with Crippen molar-refractivity contribution in [1.29, 1.82) is 0 Å². The molecule has 0 amide bonds. The maximum atomic E-state index is 11.4. The predicted molar refractivity (Wildman–Crippen MR) is 69.4 cm³/mol. The van der Waals surface area contributed by atoms with Gasteiger partial charge in [0.1, 0.15) is 0 Å². The molecule has 0 bridgehead atoms. The molecule has 0 unspecified atom stereocenters. The van der Waals surface area contributed by atoms with Gasteiger partial charge in [0.15, 0.2) is 0 Å². The fourth-order valence-electron chi connectivity index (χ4n) is 1.48. The van der Waals surface area contributed by atoms with Crippen LogP contribution in [0.15, 0.2) is 41.8 Å². The van der Waals surface area contributed by atoms with Gasteiger partial charge in [-0.05, 0) is 29.6 Å². The summed E-state index contributed by atoms with van der Waals surface area (Å²) in [6.07, 6.45) is 0. The zero-order chi connectivity index (χ0) is 12.1. The summed E-state index contributed by atoms with van der Waals surface area (Å²) in [6.45, 7) is 0.766. The molecule has 3 nitrogen and oxygen atoms in total. The summed E-state index contributed by atoms with van der Waals surface area (Å²) in [7, 11) is 1.38. The van der Waals surface area contributed by atoms with Gasteiger partial charge >= 0.3 is 5.97 Å². The van der Waals surface area contributed by atoms with Crippen LogP contribution < -0.4 is 5.32 Å². The topological polar surface area (TPSA) is 38.3 Å². The van der Waals surface area contributed by atoms with Gasteiger partial charge in [-0.2, -0.15) is 0 Å². The summed E-state index contributed by atoms with van der Waals surface area (Å²) in [4.78, 5) is 12.6. The molecular formula is C13H13NO2S. The first-order valence-corrected chi connectivity index (χ1v) is 6.12. The molecule has 0 aliphatic rings. The van der Waals surface area contributed by atoms with E-state index in [0.29, 0.717) is 5.56 Å². The van der Waals surface area contributed by atoms with Crippen LogP contribution in [0.4, 0.5) is 5.69 Å². The Bertz CT molecular complexity index is 494. The molecule has 0 saturated heterocycles. The molecule has 2 aromatic rings. The maximum absolute atomic E-state index is 11.4. The number of rotatable bonds is 4. The van der Waals surface area contributed by atoms with Crippen LogP contribution in [0.5, 0.6) is 0 Å².